The number of nitrogens with one attached hydrogen (secondary N) is 2. The van der Waals surface area contributed by atoms with Gasteiger partial charge in [-0.25, -0.2) is 22.8 Å². The SMILES string of the molecule is O=S(=O)(c1c[nH]c2ncccc12)N1CCCC[C@H]1c1ncc(-c2cccc(F)c2)[nH]1. The van der Waals surface area contributed by atoms with Crippen molar-refractivity contribution in [2.45, 2.75) is 30.2 Å². The molecule has 1 aromatic carbocycles. The van der Waals surface area contributed by atoms with Crippen LogP contribution in [0.4, 0.5) is 4.39 Å². The van der Waals surface area contributed by atoms with Gasteiger partial charge < -0.3 is 9.97 Å². The van der Waals surface area contributed by atoms with E-state index in [0.717, 1.165) is 12.8 Å². The second kappa shape index (κ2) is 7.33. The summed E-state index contributed by atoms with van der Waals surface area (Å²) in [6.07, 6.45) is 7.10. The molecule has 0 spiro atoms. The lowest BCUT2D eigenvalue weighted by atomic mass is 10.0. The third-order valence-electron chi connectivity index (χ3n) is 5.50. The van der Waals surface area contributed by atoms with Crippen LogP contribution in [-0.4, -0.2) is 39.2 Å². The zero-order valence-electron chi connectivity index (χ0n) is 16.0. The molecule has 0 saturated carbocycles. The van der Waals surface area contributed by atoms with Gasteiger partial charge in [0.2, 0.25) is 10.0 Å². The van der Waals surface area contributed by atoms with Gasteiger partial charge in [0.15, 0.2) is 0 Å². The summed E-state index contributed by atoms with van der Waals surface area (Å²) in [6.45, 7) is 0.413. The fourth-order valence-electron chi connectivity index (χ4n) is 4.05. The Morgan fingerprint density at radius 3 is 2.90 bits per heavy atom. The average molecular weight is 425 g/mol. The van der Waals surface area contributed by atoms with Crippen molar-refractivity contribution >= 4 is 21.1 Å². The Kier molecular flexibility index (Phi) is 4.63. The molecule has 1 aliphatic heterocycles. The van der Waals surface area contributed by atoms with Crippen molar-refractivity contribution < 1.29 is 12.8 Å². The molecule has 0 unspecified atom stereocenters. The number of H-pyrrole nitrogens is 2. The number of nitrogens with zero attached hydrogens (tertiary/aromatic N) is 3. The molecule has 0 amide bonds. The highest BCUT2D eigenvalue weighted by Gasteiger charge is 2.37. The van der Waals surface area contributed by atoms with Gasteiger partial charge in [0, 0.05) is 29.9 Å². The van der Waals surface area contributed by atoms with E-state index < -0.39 is 16.1 Å². The number of rotatable bonds is 4. The van der Waals surface area contributed by atoms with Gasteiger partial charge in [-0.3, -0.25) is 0 Å². The number of halogens is 1. The average Bonchev–Trinajstić information content (AvgIpc) is 3.42. The maximum atomic E-state index is 13.6. The van der Waals surface area contributed by atoms with E-state index in [4.69, 9.17) is 0 Å². The number of hydrogen-bond donors (Lipinski definition) is 2. The van der Waals surface area contributed by atoms with Crippen LogP contribution in [0, 0.1) is 5.82 Å². The Hall–Kier alpha value is -3.04. The van der Waals surface area contributed by atoms with E-state index in [1.807, 2.05) is 0 Å². The minimum atomic E-state index is -3.76. The number of fused-ring (bicyclic) bond motifs is 1. The Labute approximate surface area is 173 Å². The number of aromatic amines is 2. The highest BCUT2D eigenvalue weighted by atomic mass is 32.2. The van der Waals surface area contributed by atoms with Crippen LogP contribution in [0.15, 0.2) is 59.9 Å². The van der Waals surface area contributed by atoms with E-state index in [2.05, 4.69) is 19.9 Å². The van der Waals surface area contributed by atoms with E-state index in [-0.39, 0.29) is 10.7 Å². The van der Waals surface area contributed by atoms with Crippen molar-refractivity contribution in [2.75, 3.05) is 6.54 Å². The normalized spacial score (nSPS) is 18.1. The van der Waals surface area contributed by atoms with Gasteiger partial charge in [-0.05, 0) is 37.1 Å². The summed E-state index contributed by atoms with van der Waals surface area (Å²) in [4.78, 5) is 15.0. The first-order valence-corrected chi connectivity index (χ1v) is 11.2. The molecule has 1 aliphatic rings. The summed E-state index contributed by atoms with van der Waals surface area (Å²) in [5.41, 5.74) is 1.86. The number of imidazole rings is 1. The first kappa shape index (κ1) is 19.0. The van der Waals surface area contributed by atoms with Crippen LogP contribution in [-0.2, 0) is 10.0 Å². The zero-order chi connectivity index (χ0) is 20.7. The van der Waals surface area contributed by atoms with Gasteiger partial charge in [-0.2, -0.15) is 4.31 Å². The predicted molar refractivity (Wildman–Crippen MR) is 111 cm³/mol. The van der Waals surface area contributed by atoms with Gasteiger partial charge in [0.1, 0.15) is 22.2 Å². The molecule has 4 heterocycles. The van der Waals surface area contributed by atoms with Gasteiger partial charge >= 0.3 is 0 Å². The number of hydrogen-bond acceptors (Lipinski definition) is 4. The first-order chi connectivity index (χ1) is 14.5. The van der Waals surface area contributed by atoms with Crippen LogP contribution < -0.4 is 0 Å². The van der Waals surface area contributed by atoms with E-state index in [1.165, 1.54) is 22.6 Å². The lowest BCUT2D eigenvalue weighted by Crippen LogP contribution is -2.38. The second-order valence-electron chi connectivity index (χ2n) is 7.37. The fraction of sp³-hybridized carbons (Fsp3) is 0.238. The molecule has 3 aromatic heterocycles. The summed E-state index contributed by atoms with van der Waals surface area (Å²) in [6, 6.07) is 9.29. The Bertz CT molecular complexity index is 1310. The molecule has 1 atom stereocenters. The zero-order valence-corrected chi connectivity index (χ0v) is 16.9. The summed E-state index contributed by atoms with van der Waals surface area (Å²) >= 11 is 0. The van der Waals surface area contributed by atoms with Crippen LogP contribution >= 0.6 is 0 Å². The molecule has 30 heavy (non-hydrogen) atoms. The van der Waals surface area contributed by atoms with Crippen LogP contribution in [0.25, 0.3) is 22.3 Å². The largest absolute Gasteiger partial charge is 0.345 e. The lowest BCUT2D eigenvalue weighted by molar-refractivity contribution is 0.248. The minimum absolute atomic E-state index is 0.217. The fourth-order valence-corrected chi connectivity index (χ4v) is 5.86. The number of benzene rings is 1. The molecule has 0 bridgehead atoms. The number of pyridine rings is 1. The summed E-state index contributed by atoms with van der Waals surface area (Å²) in [5, 5.41) is 0.571. The smallest absolute Gasteiger partial charge is 0.245 e. The van der Waals surface area contributed by atoms with E-state index in [9.17, 15) is 12.8 Å². The molecule has 0 aliphatic carbocycles. The van der Waals surface area contributed by atoms with Gasteiger partial charge in [-0.1, -0.05) is 18.6 Å². The maximum absolute atomic E-state index is 13.6. The van der Waals surface area contributed by atoms with Crippen molar-refractivity contribution in [3.05, 3.63) is 66.6 Å². The third kappa shape index (κ3) is 3.20. The lowest BCUT2D eigenvalue weighted by Gasteiger charge is -2.33. The molecular weight excluding hydrogens is 405 g/mol. The topological polar surface area (TPSA) is 94.7 Å². The third-order valence-corrected chi connectivity index (χ3v) is 7.45. The van der Waals surface area contributed by atoms with Crippen LogP contribution in [0.5, 0.6) is 0 Å². The van der Waals surface area contributed by atoms with Crippen molar-refractivity contribution in [1.29, 1.82) is 0 Å². The van der Waals surface area contributed by atoms with E-state index in [0.29, 0.717) is 41.1 Å². The Balaban J connectivity index is 1.52. The standard InChI is InChI=1S/C21H20FN5O2S/c22-15-6-3-5-14(11-15)17-12-24-21(26-17)18-8-1-2-10-27(18)30(28,29)19-13-25-20-16(19)7-4-9-23-20/h3-7,9,11-13,18H,1-2,8,10H2,(H,23,25)(H,24,26)/t18-/m0/s1. The predicted octanol–water partition coefficient (Wildman–Crippen LogP) is 4.01. The molecule has 154 valence electrons. The monoisotopic (exact) mass is 425 g/mol. The summed E-state index contributed by atoms with van der Waals surface area (Å²) in [5.74, 6) is 0.231. The highest BCUT2D eigenvalue weighted by molar-refractivity contribution is 7.89. The van der Waals surface area contributed by atoms with Crippen molar-refractivity contribution in [1.82, 2.24) is 24.2 Å². The molecule has 0 radical (unpaired) electrons. The molecule has 1 saturated heterocycles. The van der Waals surface area contributed by atoms with Crippen LogP contribution in [0.3, 0.4) is 0 Å². The van der Waals surface area contributed by atoms with Gasteiger partial charge in [0.25, 0.3) is 0 Å². The molecule has 9 heteroatoms. The number of piperidine rings is 1. The molecule has 4 aromatic rings. The van der Waals surface area contributed by atoms with Gasteiger partial charge in [-0.15, -0.1) is 0 Å². The van der Waals surface area contributed by atoms with Crippen molar-refractivity contribution in [2.24, 2.45) is 0 Å². The molecule has 5 rings (SSSR count). The van der Waals surface area contributed by atoms with Gasteiger partial charge in [0.05, 0.1) is 17.9 Å². The molecular formula is C21H20FN5O2S. The molecule has 1 fully saturated rings. The maximum Gasteiger partial charge on any atom is 0.245 e. The highest BCUT2D eigenvalue weighted by Crippen LogP contribution is 2.36. The van der Waals surface area contributed by atoms with E-state index in [1.54, 1.807) is 36.7 Å². The van der Waals surface area contributed by atoms with Crippen LogP contribution in [0.2, 0.25) is 0 Å². The quantitative estimate of drug-likeness (QED) is 0.517. The first-order valence-electron chi connectivity index (χ1n) is 9.79. The molecule has 2 N–H and O–H groups in total. The number of sulfonamides is 1. The van der Waals surface area contributed by atoms with E-state index >= 15 is 0 Å². The Morgan fingerprint density at radius 1 is 1.13 bits per heavy atom. The molecule has 7 nitrogen and oxygen atoms in total. The number of aromatic nitrogens is 4. The van der Waals surface area contributed by atoms with Crippen molar-refractivity contribution in [3.8, 4) is 11.3 Å². The van der Waals surface area contributed by atoms with Crippen LogP contribution in [0.1, 0.15) is 31.1 Å². The second-order valence-corrected chi connectivity index (χ2v) is 9.23. The summed E-state index contributed by atoms with van der Waals surface area (Å²) < 4.78 is 42.2. The summed E-state index contributed by atoms with van der Waals surface area (Å²) in [7, 11) is -3.76. The minimum Gasteiger partial charge on any atom is -0.345 e. The Morgan fingerprint density at radius 2 is 2.03 bits per heavy atom. The van der Waals surface area contributed by atoms with Crippen molar-refractivity contribution in [3.63, 3.8) is 0 Å².